The van der Waals surface area contributed by atoms with E-state index in [2.05, 4.69) is 157 Å². The molecule has 1 heteroatoms. The van der Waals surface area contributed by atoms with Crippen molar-refractivity contribution in [3.05, 3.63) is 163 Å². The van der Waals surface area contributed by atoms with Gasteiger partial charge in [0.2, 0.25) is 0 Å². The summed E-state index contributed by atoms with van der Waals surface area (Å²) in [6.45, 7) is 0. The highest BCUT2D eigenvalue weighted by Crippen LogP contribution is 2.42. The van der Waals surface area contributed by atoms with Gasteiger partial charge in [0, 0.05) is 17.8 Å². The van der Waals surface area contributed by atoms with Gasteiger partial charge in [0.05, 0.1) is 0 Å². The summed E-state index contributed by atoms with van der Waals surface area (Å²) in [6, 6.07) is 57.6. The monoisotopic (exact) mass is 611 g/mol. The average Bonchev–Trinajstić information content (AvgIpc) is 3.16. The van der Waals surface area contributed by atoms with Gasteiger partial charge in [-0.2, -0.15) is 0 Å². The fourth-order valence-corrected chi connectivity index (χ4v) is 8.70. The van der Waals surface area contributed by atoms with Gasteiger partial charge in [0.1, 0.15) is 0 Å². The molecule has 0 bridgehead atoms. The predicted octanol–water partition coefficient (Wildman–Crippen LogP) is 12.4. The van der Waals surface area contributed by atoms with E-state index in [9.17, 15) is 0 Å². The number of hydrogen-bond acceptors (Lipinski definition) is 1. The standard InChI is InChI=1S/C46H45N/c1-4-11-34(12-5-1)36-19-26-42(27-20-36)47(43-28-21-37(22-29-43)35-13-6-2-7-14-35)44-30-23-38(24-31-44)40-25-32-46-41(33-40)17-10-18-45(46)39-15-8-3-9-16-39/h1-18,23-25,30-33,36-37,42-43H,19-22,26-29H2. The van der Waals surface area contributed by atoms with Crippen LogP contribution in [-0.4, -0.2) is 12.1 Å². The third-order valence-corrected chi connectivity index (χ3v) is 11.2. The second-order valence-electron chi connectivity index (χ2n) is 13.9. The lowest BCUT2D eigenvalue weighted by atomic mass is 9.78. The third kappa shape index (κ3) is 6.37. The topological polar surface area (TPSA) is 3.24 Å². The van der Waals surface area contributed by atoms with Gasteiger partial charge >= 0.3 is 0 Å². The van der Waals surface area contributed by atoms with Crippen LogP contribution in [0.1, 0.15) is 74.3 Å². The quantitative estimate of drug-likeness (QED) is 0.174. The molecule has 2 fully saturated rings. The van der Waals surface area contributed by atoms with Gasteiger partial charge in [0.25, 0.3) is 0 Å². The number of benzene rings is 6. The molecule has 8 rings (SSSR count). The molecule has 6 aromatic rings. The summed E-state index contributed by atoms with van der Waals surface area (Å²) >= 11 is 0. The molecule has 6 aromatic carbocycles. The molecule has 47 heavy (non-hydrogen) atoms. The Balaban J connectivity index is 1.05. The minimum Gasteiger partial charge on any atom is -0.366 e. The van der Waals surface area contributed by atoms with Crippen LogP contribution >= 0.6 is 0 Å². The fraction of sp³-hybridized carbons (Fsp3) is 0.261. The zero-order valence-corrected chi connectivity index (χ0v) is 27.3. The molecule has 0 spiro atoms. The maximum Gasteiger partial charge on any atom is 0.0371 e. The van der Waals surface area contributed by atoms with Crippen molar-refractivity contribution in [2.75, 3.05) is 4.90 Å². The Bertz CT molecular complexity index is 1820. The van der Waals surface area contributed by atoms with E-state index < -0.39 is 0 Å². The van der Waals surface area contributed by atoms with Crippen molar-refractivity contribution in [1.82, 2.24) is 0 Å². The predicted molar refractivity (Wildman–Crippen MR) is 200 cm³/mol. The molecule has 2 aliphatic carbocycles. The molecule has 0 unspecified atom stereocenters. The molecule has 2 aliphatic rings. The number of nitrogens with zero attached hydrogens (tertiary/aromatic N) is 1. The van der Waals surface area contributed by atoms with Crippen LogP contribution in [0.15, 0.2) is 152 Å². The maximum atomic E-state index is 2.87. The second-order valence-corrected chi connectivity index (χ2v) is 13.9. The molecule has 1 nitrogen and oxygen atoms in total. The SMILES string of the molecule is c1ccc(-c2cccc3cc(-c4ccc(N(C5CCC(c6ccccc6)CC5)C5CCC(c6ccccc6)CC5)cc4)ccc23)cc1. The van der Waals surface area contributed by atoms with Crippen molar-refractivity contribution in [2.24, 2.45) is 0 Å². The zero-order chi connectivity index (χ0) is 31.4. The summed E-state index contributed by atoms with van der Waals surface area (Å²) in [6.07, 6.45) is 10.2. The van der Waals surface area contributed by atoms with E-state index in [-0.39, 0.29) is 0 Å². The Morgan fingerprint density at radius 1 is 0.383 bits per heavy atom. The van der Waals surface area contributed by atoms with Gasteiger partial charge in [-0.3, -0.25) is 0 Å². The van der Waals surface area contributed by atoms with Crippen LogP contribution in [-0.2, 0) is 0 Å². The van der Waals surface area contributed by atoms with Crippen molar-refractivity contribution < 1.29 is 0 Å². The lowest BCUT2D eigenvalue weighted by Crippen LogP contribution is -2.46. The number of hydrogen-bond donors (Lipinski definition) is 0. The Morgan fingerprint density at radius 3 is 1.45 bits per heavy atom. The van der Waals surface area contributed by atoms with Crippen molar-refractivity contribution in [3.8, 4) is 22.3 Å². The largest absolute Gasteiger partial charge is 0.366 e. The van der Waals surface area contributed by atoms with Gasteiger partial charge in [-0.05, 0) is 126 Å². The highest BCUT2D eigenvalue weighted by molar-refractivity contribution is 5.98. The van der Waals surface area contributed by atoms with E-state index in [0.717, 1.165) is 0 Å². The summed E-state index contributed by atoms with van der Waals surface area (Å²) in [5.41, 5.74) is 9.60. The number of rotatable bonds is 7. The van der Waals surface area contributed by atoms with Gasteiger partial charge in [-0.15, -0.1) is 0 Å². The Hall–Kier alpha value is -4.62. The summed E-state index contributed by atoms with van der Waals surface area (Å²) in [5, 5.41) is 2.60. The minimum absolute atomic E-state index is 0.608. The zero-order valence-electron chi connectivity index (χ0n) is 27.3. The van der Waals surface area contributed by atoms with Crippen LogP contribution in [0.2, 0.25) is 0 Å². The molecule has 0 saturated heterocycles. The molecule has 0 radical (unpaired) electrons. The van der Waals surface area contributed by atoms with E-state index in [1.807, 2.05) is 0 Å². The van der Waals surface area contributed by atoms with E-state index >= 15 is 0 Å². The van der Waals surface area contributed by atoms with Gasteiger partial charge in [-0.1, -0.05) is 133 Å². The lowest BCUT2D eigenvalue weighted by molar-refractivity contribution is 0.310. The fourth-order valence-electron chi connectivity index (χ4n) is 8.70. The minimum atomic E-state index is 0.608. The van der Waals surface area contributed by atoms with Crippen LogP contribution in [0.3, 0.4) is 0 Å². The summed E-state index contributed by atoms with van der Waals surface area (Å²) in [7, 11) is 0. The smallest absolute Gasteiger partial charge is 0.0371 e. The first-order valence-corrected chi connectivity index (χ1v) is 17.9. The summed E-state index contributed by atoms with van der Waals surface area (Å²) in [5.74, 6) is 1.39. The van der Waals surface area contributed by atoms with Crippen molar-refractivity contribution >= 4 is 16.5 Å². The van der Waals surface area contributed by atoms with Gasteiger partial charge in [0.15, 0.2) is 0 Å². The first kappa shape index (κ1) is 29.8. The van der Waals surface area contributed by atoms with Crippen LogP contribution in [0.25, 0.3) is 33.0 Å². The highest BCUT2D eigenvalue weighted by Gasteiger charge is 2.33. The van der Waals surface area contributed by atoms with Crippen molar-refractivity contribution in [2.45, 2.75) is 75.3 Å². The van der Waals surface area contributed by atoms with Crippen LogP contribution in [0.4, 0.5) is 5.69 Å². The Labute approximate surface area is 280 Å². The first-order valence-electron chi connectivity index (χ1n) is 17.9. The third-order valence-electron chi connectivity index (χ3n) is 11.2. The van der Waals surface area contributed by atoms with E-state index in [1.54, 1.807) is 0 Å². The van der Waals surface area contributed by atoms with E-state index in [0.29, 0.717) is 23.9 Å². The van der Waals surface area contributed by atoms with Crippen molar-refractivity contribution in [1.29, 1.82) is 0 Å². The Morgan fingerprint density at radius 2 is 0.894 bits per heavy atom. The molecule has 2 saturated carbocycles. The molecule has 0 heterocycles. The number of anilines is 1. The highest BCUT2D eigenvalue weighted by atomic mass is 15.2. The molecule has 0 N–H and O–H groups in total. The van der Waals surface area contributed by atoms with Gasteiger partial charge < -0.3 is 4.90 Å². The average molecular weight is 612 g/mol. The van der Waals surface area contributed by atoms with Crippen LogP contribution < -0.4 is 4.90 Å². The number of fused-ring (bicyclic) bond motifs is 1. The van der Waals surface area contributed by atoms with E-state index in [4.69, 9.17) is 0 Å². The molecule has 234 valence electrons. The molecule has 0 aliphatic heterocycles. The normalized spacial score (nSPS) is 21.4. The summed E-state index contributed by atoms with van der Waals surface area (Å²) < 4.78 is 0. The second kappa shape index (κ2) is 13.6. The molecule has 0 aromatic heterocycles. The van der Waals surface area contributed by atoms with Gasteiger partial charge in [-0.25, -0.2) is 0 Å². The molecule has 0 atom stereocenters. The van der Waals surface area contributed by atoms with Crippen LogP contribution in [0, 0.1) is 0 Å². The molecular formula is C46H45N. The Kier molecular flexibility index (Phi) is 8.63. The molecular weight excluding hydrogens is 567 g/mol. The van der Waals surface area contributed by atoms with E-state index in [1.165, 1.54) is 101 Å². The first-order chi connectivity index (χ1) is 23.3. The van der Waals surface area contributed by atoms with Crippen LogP contribution in [0.5, 0.6) is 0 Å². The summed E-state index contributed by atoms with van der Waals surface area (Å²) in [4.78, 5) is 2.87. The molecule has 0 amide bonds. The maximum absolute atomic E-state index is 2.87. The lowest BCUT2D eigenvalue weighted by Gasteiger charge is -2.45. The van der Waals surface area contributed by atoms with Crippen molar-refractivity contribution in [3.63, 3.8) is 0 Å².